The summed E-state index contributed by atoms with van der Waals surface area (Å²) in [6, 6.07) is 10.3. The third-order valence-electron chi connectivity index (χ3n) is 4.45. The fourth-order valence-electron chi connectivity index (χ4n) is 3.30. The second-order valence-electron chi connectivity index (χ2n) is 6.38. The van der Waals surface area contributed by atoms with E-state index in [0.29, 0.717) is 26.1 Å². The van der Waals surface area contributed by atoms with E-state index in [4.69, 9.17) is 0 Å². The number of fused-ring (bicyclic) bond motifs is 1. The van der Waals surface area contributed by atoms with E-state index >= 15 is 0 Å². The maximum atomic E-state index is 12.5. The van der Waals surface area contributed by atoms with Crippen molar-refractivity contribution in [3.8, 4) is 0 Å². The second-order valence-corrected chi connectivity index (χ2v) is 6.38. The Morgan fingerprint density at radius 2 is 2.00 bits per heavy atom. The molecular formula is C18H23N5O2. The summed E-state index contributed by atoms with van der Waals surface area (Å²) >= 11 is 0. The van der Waals surface area contributed by atoms with Gasteiger partial charge in [-0.05, 0) is 18.9 Å². The van der Waals surface area contributed by atoms with Crippen molar-refractivity contribution in [2.24, 2.45) is 0 Å². The number of carbonyl (C=O) groups excluding carboxylic acids is 2. The van der Waals surface area contributed by atoms with E-state index in [2.05, 4.69) is 32.2 Å². The van der Waals surface area contributed by atoms with Gasteiger partial charge in [0.25, 0.3) is 0 Å². The molecule has 1 aliphatic rings. The zero-order valence-corrected chi connectivity index (χ0v) is 14.6. The van der Waals surface area contributed by atoms with Crippen LogP contribution in [0.5, 0.6) is 0 Å². The molecule has 1 N–H and O–H groups in total. The van der Waals surface area contributed by atoms with Crippen molar-refractivity contribution >= 4 is 11.8 Å². The van der Waals surface area contributed by atoms with Crippen LogP contribution in [0.1, 0.15) is 36.6 Å². The standard InChI is InChI=1S/C18H23N5O2/c1-13-20-21-17-12-22(18(25)8-9-19-14(2)24)11-16(23(13)17)10-15-6-4-3-5-7-15/h3-7,16H,8-12H2,1-2H3,(H,19,24)/t16-/m1/s1. The number of nitrogens with zero attached hydrogens (tertiary/aromatic N) is 4. The van der Waals surface area contributed by atoms with Crippen LogP contribution in [0, 0.1) is 6.92 Å². The zero-order valence-electron chi connectivity index (χ0n) is 14.6. The maximum absolute atomic E-state index is 12.5. The molecule has 0 saturated carbocycles. The molecule has 0 saturated heterocycles. The fourth-order valence-corrected chi connectivity index (χ4v) is 3.30. The Hall–Kier alpha value is -2.70. The molecule has 0 aliphatic carbocycles. The minimum Gasteiger partial charge on any atom is -0.356 e. The van der Waals surface area contributed by atoms with Crippen molar-refractivity contribution in [3.63, 3.8) is 0 Å². The van der Waals surface area contributed by atoms with Gasteiger partial charge in [-0.1, -0.05) is 30.3 Å². The Morgan fingerprint density at radius 3 is 2.72 bits per heavy atom. The lowest BCUT2D eigenvalue weighted by Crippen LogP contribution is -2.43. The predicted octanol–water partition coefficient (Wildman–Crippen LogP) is 1.24. The first-order valence-corrected chi connectivity index (χ1v) is 8.51. The van der Waals surface area contributed by atoms with Crippen molar-refractivity contribution in [1.82, 2.24) is 25.0 Å². The SMILES string of the molecule is CC(=O)NCCC(=O)N1Cc2nnc(C)n2[C@H](Cc2ccccc2)C1. The highest BCUT2D eigenvalue weighted by Gasteiger charge is 2.30. The Labute approximate surface area is 147 Å². The monoisotopic (exact) mass is 341 g/mol. The van der Waals surface area contributed by atoms with E-state index < -0.39 is 0 Å². The molecule has 1 aliphatic heterocycles. The Morgan fingerprint density at radius 1 is 1.24 bits per heavy atom. The summed E-state index contributed by atoms with van der Waals surface area (Å²) in [6.45, 7) is 4.85. The van der Waals surface area contributed by atoms with Gasteiger partial charge in [0.15, 0.2) is 5.82 Å². The molecule has 2 aromatic rings. The van der Waals surface area contributed by atoms with Crippen LogP contribution in [0.25, 0.3) is 0 Å². The normalized spacial score (nSPS) is 16.4. The van der Waals surface area contributed by atoms with Crippen LogP contribution in [0.15, 0.2) is 30.3 Å². The number of rotatable bonds is 5. The van der Waals surface area contributed by atoms with Gasteiger partial charge >= 0.3 is 0 Å². The molecule has 1 aromatic carbocycles. The van der Waals surface area contributed by atoms with Gasteiger partial charge in [0.2, 0.25) is 11.8 Å². The molecule has 0 radical (unpaired) electrons. The molecule has 25 heavy (non-hydrogen) atoms. The lowest BCUT2D eigenvalue weighted by molar-refractivity contribution is -0.133. The number of nitrogens with one attached hydrogen (secondary N) is 1. The first-order valence-electron chi connectivity index (χ1n) is 8.51. The molecule has 3 rings (SSSR count). The molecule has 2 heterocycles. The third-order valence-corrected chi connectivity index (χ3v) is 4.45. The van der Waals surface area contributed by atoms with Gasteiger partial charge in [-0.25, -0.2) is 0 Å². The Balaban J connectivity index is 1.74. The lowest BCUT2D eigenvalue weighted by Gasteiger charge is -2.34. The fraction of sp³-hybridized carbons (Fsp3) is 0.444. The van der Waals surface area contributed by atoms with Crippen LogP contribution < -0.4 is 5.32 Å². The Bertz CT molecular complexity index is 756. The van der Waals surface area contributed by atoms with Crippen molar-refractivity contribution in [2.75, 3.05) is 13.1 Å². The molecular weight excluding hydrogens is 318 g/mol. The summed E-state index contributed by atoms with van der Waals surface area (Å²) in [4.78, 5) is 25.3. The highest BCUT2D eigenvalue weighted by Crippen LogP contribution is 2.25. The van der Waals surface area contributed by atoms with E-state index in [9.17, 15) is 9.59 Å². The third kappa shape index (κ3) is 4.04. The second kappa shape index (κ2) is 7.46. The molecule has 7 nitrogen and oxygen atoms in total. The van der Waals surface area contributed by atoms with Crippen LogP contribution in [-0.2, 0) is 22.6 Å². The van der Waals surface area contributed by atoms with Crippen molar-refractivity contribution in [3.05, 3.63) is 47.5 Å². The highest BCUT2D eigenvalue weighted by molar-refractivity contribution is 5.78. The molecule has 7 heteroatoms. The smallest absolute Gasteiger partial charge is 0.224 e. The Kier molecular flexibility index (Phi) is 5.11. The summed E-state index contributed by atoms with van der Waals surface area (Å²) in [6.07, 6.45) is 1.12. The number of aryl methyl sites for hydroxylation is 1. The molecule has 2 amide bonds. The number of carbonyl (C=O) groups is 2. The quantitative estimate of drug-likeness (QED) is 0.887. The minimum absolute atomic E-state index is 0.0266. The van der Waals surface area contributed by atoms with Crippen molar-refractivity contribution < 1.29 is 9.59 Å². The van der Waals surface area contributed by atoms with Crippen LogP contribution in [0.4, 0.5) is 0 Å². The average Bonchev–Trinajstić information content (AvgIpc) is 2.97. The first-order chi connectivity index (χ1) is 12.0. The summed E-state index contributed by atoms with van der Waals surface area (Å²) < 4.78 is 2.14. The number of hydrogen-bond acceptors (Lipinski definition) is 4. The highest BCUT2D eigenvalue weighted by atomic mass is 16.2. The largest absolute Gasteiger partial charge is 0.356 e. The summed E-state index contributed by atoms with van der Waals surface area (Å²) in [5.41, 5.74) is 1.22. The molecule has 132 valence electrons. The molecule has 0 spiro atoms. The number of hydrogen-bond donors (Lipinski definition) is 1. The maximum Gasteiger partial charge on any atom is 0.224 e. The van der Waals surface area contributed by atoms with E-state index in [-0.39, 0.29) is 17.9 Å². The molecule has 1 aromatic heterocycles. The minimum atomic E-state index is -0.122. The van der Waals surface area contributed by atoms with Crippen LogP contribution in [0.2, 0.25) is 0 Å². The number of aromatic nitrogens is 3. The van der Waals surface area contributed by atoms with Crippen LogP contribution in [-0.4, -0.2) is 44.6 Å². The molecule has 0 fully saturated rings. The summed E-state index contributed by atoms with van der Waals surface area (Å²) in [5.74, 6) is 1.60. The van der Waals surface area contributed by atoms with Crippen molar-refractivity contribution in [1.29, 1.82) is 0 Å². The number of benzene rings is 1. The summed E-state index contributed by atoms with van der Waals surface area (Å²) in [7, 11) is 0. The van der Waals surface area contributed by atoms with E-state index in [1.54, 1.807) is 0 Å². The average molecular weight is 341 g/mol. The first kappa shape index (κ1) is 17.1. The summed E-state index contributed by atoms with van der Waals surface area (Å²) in [5, 5.41) is 11.1. The van der Waals surface area contributed by atoms with Crippen LogP contribution in [0.3, 0.4) is 0 Å². The molecule has 0 bridgehead atoms. The van der Waals surface area contributed by atoms with Gasteiger partial charge in [-0.15, -0.1) is 10.2 Å². The van der Waals surface area contributed by atoms with E-state index in [1.165, 1.54) is 12.5 Å². The molecule has 1 atom stereocenters. The van der Waals surface area contributed by atoms with Crippen molar-refractivity contribution in [2.45, 2.75) is 39.3 Å². The zero-order chi connectivity index (χ0) is 17.8. The predicted molar refractivity (Wildman–Crippen MR) is 92.7 cm³/mol. The molecule has 0 unspecified atom stereocenters. The van der Waals surface area contributed by atoms with Crippen LogP contribution >= 0.6 is 0 Å². The van der Waals surface area contributed by atoms with Gasteiger partial charge in [0.05, 0.1) is 12.6 Å². The van der Waals surface area contributed by atoms with Gasteiger partial charge < -0.3 is 14.8 Å². The van der Waals surface area contributed by atoms with Gasteiger partial charge in [0.1, 0.15) is 5.82 Å². The topological polar surface area (TPSA) is 80.1 Å². The van der Waals surface area contributed by atoms with E-state index in [0.717, 1.165) is 18.1 Å². The van der Waals surface area contributed by atoms with Gasteiger partial charge in [-0.2, -0.15) is 0 Å². The van der Waals surface area contributed by atoms with E-state index in [1.807, 2.05) is 30.0 Å². The van der Waals surface area contributed by atoms with Gasteiger partial charge in [-0.3, -0.25) is 9.59 Å². The number of amides is 2. The lowest BCUT2D eigenvalue weighted by atomic mass is 10.0. The van der Waals surface area contributed by atoms with Gasteiger partial charge in [0, 0.05) is 26.4 Å².